The molecule has 1 atom stereocenters. The molecule has 1 aromatic heterocycles. The van der Waals surface area contributed by atoms with E-state index in [1.807, 2.05) is 30.3 Å². The molecule has 29 heavy (non-hydrogen) atoms. The van der Waals surface area contributed by atoms with E-state index in [-0.39, 0.29) is 18.2 Å². The smallest absolute Gasteiger partial charge is 0.337 e. The highest BCUT2D eigenvalue weighted by atomic mass is 16.5. The Kier molecular flexibility index (Phi) is 4.82. The van der Waals surface area contributed by atoms with E-state index in [1.165, 1.54) is 11.8 Å². The number of nitrogens with one attached hydrogen (secondary N) is 2. The maximum absolute atomic E-state index is 12.9. The lowest BCUT2D eigenvalue weighted by atomic mass is 10.1. The second-order valence-electron chi connectivity index (χ2n) is 6.55. The molecular weight excluding hydrogens is 372 g/mol. The van der Waals surface area contributed by atoms with E-state index in [0.29, 0.717) is 22.8 Å². The molecule has 0 spiro atoms. The van der Waals surface area contributed by atoms with Crippen molar-refractivity contribution >= 4 is 29.3 Å². The first-order valence-electron chi connectivity index (χ1n) is 8.99. The lowest BCUT2D eigenvalue weighted by Gasteiger charge is -2.23. The van der Waals surface area contributed by atoms with Crippen LogP contribution in [0.1, 0.15) is 22.8 Å². The summed E-state index contributed by atoms with van der Waals surface area (Å²) < 4.78 is 6.19. The van der Waals surface area contributed by atoms with Gasteiger partial charge in [-0.2, -0.15) is 5.10 Å². The molecule has 0 saturated carbocycles. The third-order valence-corrected chi connectivity index (χ3v) is 4.62. The van der Waals surface area contributed by atoms with Crippen molar-refractivity contribution in [3.05, 3.63) is 66.2 Å². The number of carbonyl (C=O) groups is 3. The number of amides is 2. The van der Waals surface area contributed by atoms with Gasteiger partial charge in [0, 0.05) is 17.3 Å². The summed E-state index contributed by atoms with van der Waals surface area (Å²) in [5.74, 6) is -0.601. The highest BCUT2D eigenvalue weighted by Crippen LogP contribution is 2.30. The minimum atomic E-state index is -0.781. The lowest BCUT2D eigenvalue weighted by molar-refractivity contribution is -0.125. The molecule has 1 aliphatic rings. The van der Waals surface area contributed by atoms with Crippen LogP contribution in [0.2, 0.25) is 0 Å². The zero-order chi connectivity index (χ0) is 20.4. The van der Waals surface area contributed by atoms with Gasteiger partial charge in [0.2, 0.25) is 11.8 Å². The molecule has 0 radical (unpaired) electrons. The van der Waals surface area contributed by atoms with Gasteiger partial charge in [0.25, 0.3) is 0 Å². The Labute approximate surface area is 166 Å². The molecule has 2 N–H and O–H groups in total. The molecule has 0 aliphatic carbocycles. The number of aromatic nitrogens is 2. The Balaban J connectivity index is 1.57. The van der Waals surface area contributed by atoms with Gasteiger partial charge >= 0.3 is 5.97 Å². The van der Waals surface area contributed by atoms with Crippen molar-refractivity contribution in [2.75, 3.05) is 17.7 Å². The van der Waals surface area contributed by atoms with E-state index in [0.717, 1.165) is 5.56 Å². The van der Waals surface area contributed by atoms with E-state index < -0.39 is 12.0 Å². The summed E-state index contributed by atoms with van der Waals surface area (Å²) in [5, 5.41) is 10.1. The number of hydrogen-bond acceptors (Lipinski definition) is 5. The van der Waals surface area contributed by atoms with Gasteiger partial charge in [0.05, 0.1) is 24.8 Å². The molecule has 8 nitrogen and oxygen atoms in total. The van der Waals surface area contributed by atoms with Gasteiger partial charge in [-0.05, 0) is 24.3 Å². The van der Waals surface area contributed by atoms with Gasteiger partial charge in [-0.3, -0.25) is 9.59 Å². The molecular formula is C21H18N4O4. The van der Waals surface area contributed by atoms with E-state index in [2.05, 4.69) is 20.5 Å². The topological polar surface area (TPSA) is 102 Å². The summed E-state index contributed by atoms with van der Waals surface area (Å²) in [4.78, 5) is 36.5. The number of methoxy groups -OCH3 is 1. The number of nitrogens with zero attached hydrogens (tertiary/aromatic N) is 2. The van der Waals surface area contributed by atoms with Crippen molar-refractivity contribution in [1.29, 1.82) is 0 Å². The molecule has 0 fully saturated rings. The zero-order valence-electron chi connectivity index (χ0n) is 15.6. The van der Waals surface area contributed by atoms with Crippen LogP contribution in [0.5, 0.6) is 0 Å². The van der Waals surface area contributed by atoms with E-state index in [1.54, 1.807) is 30.3 Å². The van der Waals surface area contributed by atoms with Crippen molar-refractivity contribution < 1.29 is 19.1 Å². The van der Waals surface area contributed by atoms with Gasteiger partial charge in [0.1, 0.15) is 11.9 Å². The van der Waals surface area contributed by atoms with Crippen molar-refractivity contribution in [3.8, 4) is 11.3 Å². The predicted molar refractivity (Wildman–Crippen MR) is 106 cm³/mol. The van der Waals surface area contributed by atoms with Crippen molar-refractivity contribution in [3.63, 3.8) is 0 Å². The third-order valence-electron chi connectivity index (χ3n) is 4.62. The highest BCUT2D eigenvalue weighted by Gasteiger charge is 2.32. The fourth-order valence-electron chi connectivity index (χ4n) is 3.17. The Morgan fingerprint density at radius 2 is 1.86 bits per heavy atom. The van der Waals surface area contributed by atoms with Crippen LogP contribution in [-0.4, -0.2) is 34.7 Å². The second-order valence-corrected chi connectivity index (χ2v) is 6.55. The molecule has 3 aromatic rings. The summed E-state index contributed by atoms with van der Waals surface area (Å²) >= 11 is 0. The molecule has 0 bridgehead atoms. The Bertz CT molecular complexity index is 1070. The predicted octanol–water partition coefficient (Wildman–Crippen LogP) is 2.86. The maximum Gasteiger partial charge on any atom is 0.337 e. The SMILES string of the molecule is COC(=O)c1ccc(NC(=O)C2CC(=O)Nc3cc(-c4ccccc4)nn32)cc1. The van der Waals surface area contributed by atoms with Crippen LogP contribution < -0.4 is 10.6 Å². The van der Waals surface area contributed by atoms with Crippen molar-refractivity contribution in [1.82, 2.24) is 9.78 Å². The number of fused-ring (bicyclic) bond motifs is 1. The first kappa shape index (κ1) is 18.4. The summed E-state index contributed by atoms with van der Waals surface area (Å²) in [6.07, 6.45) is -0.0189. The van der Waals surface area contributed by atoms with Gasteiger partial charge in [0.15, 0.2) is 0 Å². The fraction of sp³-hybridized carbons (Fsp3) is 0.143. The number of anilines is 2. The summed E-state index contributed by atoms with van der Waals surface area (Å²) in [5.41, 5.74) is 2.44. The fourth-order valence-corrected chi connectivity index (χ4v) is 3.17. The van der Waals surface area contributed by atoms with E-state index >= 15 is 0 Å². The number of rotatable bonds is 4. The van der Waals surface area contributed by atoms with Crippen LogP contribution in [0.15, 0.2) is 60.7 Å². The summed E-state index contributed by atoms with van der Waals surface area (Å²) in [7, 11) is 1.30. The van der Waals surface area contributed by atoms with Gasteiger partial charge < -0.3 is 15.4 Å². The molecule has 1 unspecified atom stereocenters. The quantitative estimate of drug-likeness (QED) is 0.667. The van der Waals surface area contributed by atoms with Gasteiger partial charge in [-0.1, -0.05) is 30.3 Å². The number of benzene rings is 2. The minimum Gasteiger partial charge on any atom is -0.465 e. The van der Waals surface area contributed by atoms with Crippen LogP contribution in [0.4, 0.5) is 11.5 Å². The molecule has 2 heterocycles. The van der Waals surface area contributed by atoms with Crippen LogP contribution in [0.25, 0.3) is 11.3 Å². The molecule has 2 aromatic carbocycles. The molecule has 8 heteroatoms. The number of esters is 1. The van der Waals surface area contributed by atoms with Crippen LogP contribution in [0, 0.1) is 0 Å². The standard InChI is InChI=1S/C21H18N4O4/c1-29-21(28)14-7-9-15(10-8-14)22-20(27)17-12-19(26)23-18-11-16(24-25(17)18)13-5-3-2-4-6-13/h2-11,17H,12H2,1H3,(H,22,27)(H,23,26). The maximum atomic E-state index is 12.9. The molecule has 0 saturated heterocycles. The van der Waals surface area contributed by atoms with E-state index in [4.69, 9.17) is 0 Å². The molecule has 1 aliphatic heterocycles. The normalized spacial score (nSPS) is 15.2. The number of hydrogen-bond donors (Lipinski definition) is 2. The van der Waals surface area contributed by atoms with Crippen LogP contribution in [0.3, 0.4) is 0 Å². The van der Waals surface area contributed by atoms with Crippen LogP contribution >= 0.6 is 0 Å². The largest absolute Gasteiger partial charge is 0.465 e. The monoisotopic (exact) mass is 390 g/mol. The average molecular weight is 390 g/mol. The number of carbonyl (C=O) groups excluding carboxylic acids is 3. The van der Waals surface area contributed by atoms with Crippen LogP contribution in [-0.2, 0) is 14.3 Å². The highest BCUT2D eigenvalue weighted by molar-refractivity contribution is 6.01. The molecule has 4 rings (SSSR count). The van der Waals surface area contributed by atoms with Crippen molar-refractivity contribution in [2.24, 2.45) is 0 Å². The summed E-state index contributed by atoms with van der Waals surface area (Å²) in [6.45, 7) is 0. The van der Waals surface area contributed by atoms with Gasteiger partial charge in [-0.25, -0.2) is 9.48 Å². The number of ether oxygens (including phenoxy) is 1. The lowest BCUT2D eigenvalue weighted by Crippen LogP contribution is -2.35. The second kappa shape index (κ2) is 7.59. The van der Waals surface area contributed by atoms with E-state index in [9.17, 15) is 14.4 Å². The first-order chi connectivity index (χ1) is 14.0. The molecule has 2 amide bonds. The molecule has 146 valence electrons. The third kappa shape index (κ3) is 3.73. The average Bonchev–Trinajstić information content (AvgIpc) is 3.17. The summed E-state index contributed by atoms with van der Waals surface area (Å²) in [6, 6.07) is 16.8. The Hall–Kier alpha value is -3.94. The first-order valence-corrected chi connectivity index (χ1v) is 8.99. The van der Waals surface area contributed by atoms with Gasteiger partial charge in [-0.15, -0.1) is 0 Å². The Morgan fingerprint density at radius 3 is 2.55 bits per heavy atom. The van der Waals surface area contributed by atoms with Crippen molar-refractivity contribution in [2.45, 2.75) is 12.5 Å². The minimum absolute atomic E-state index is 0.0189. The zero-order valence-corrected chi connectivity index (χ0v) is 15.6. The Morgan fingerprint density at radius 1 is 1.14 bits per heavy atom.